The Kier molecular flexibility index (Phi) is 5.88. The van der Waals surface area contributed by atoms with Gasteiger partial charge in [-0.25, -0.2) is 9.37 Å². The van der Waals surface area contributed by atoms with Crippen molar-refractivity contribution in [3.05, 3.63) is 89.4 Å². The lowest BCUT2D eigenvalue weighted by molar-refractivity contribution is -0.142. The van der Waals surface area contributed by atoms with Gasteiger partial charge < -0.3 is 15.2 Å². The molecule has 0 spiro atoms. The van der Waals surface area contributed by atoms with E-state index in [0.29, 0.717) is 36.6 Å². The molecule has 1 aliphatic carbocycles. The molecule has 3 aromatic carbocycles. The fourth-order valence-electron chi connectivity index (χ4n) is 4.68. The van der Waals surface area contributed by atoms with Gasteiger partial charge in [-0.15, -0.1) is 0 Å². The van der Waals surface area contributed by atoms with Gasteiger partial charge in [0.05, 0.1) is 13.0 Å². The lowest BCUT2D eigenvalue weighted by atomic mass is 9.95. The summed E-state index contributed by atoms with van der Waals surface area (Å²) >= 11 is 0. The fraction of sp³-hybridized carbons (Fsp3) is 0.214. The minimum atomic E-state index is -0.311. The van der Waals surface area contributed by atoms with Crippen molar-refractivity contribution in [2.75, 3.05) is 12.3 Å². The van der Waals surface area contributed by atoms with Crippen molar-refractivity contribution < 1.29 is 18.7 Å². The summed E-state index contributed by atoms with van der Waals surface area (Å²) < 4.78 is 26.7. The van der Waals surface area contributed by atoms with E-state index >= 15 is 4.39 Å². The number of nitrogen functional groups attached to an aromatic ring is 1. The standard InChI is InChI=1S/C28H25FN2O3/c1-2-33-27(32)16-17-6-3-4-9-25(17)34-26-11-10-21-23(26)14-18(15-24(21)29)19-7-5-8-22-20(19)12-13-31-28(22)30/h3-9,12-15,26H,2,10-11,16H2,1H3,(H2,30,31). The molecule has 1 atom stereocenters. The number of benzene rings is 3. The van der Waals surface area contributed by atoms with Crippen LogP contribution >= 0.6 is 0 Å². The number of fused-ring (bicyclic) bond motifs is 2. The number of nitrogens with zero attached hydrogens (tertiary/aromatic N) is 1. The molecule has 6 heteroatoms. The van der Waals surface area contributed by atoms with Crippen molar-refractivity contribution in [1.29, 1.82) is 0 Å². The van der Waals surface area contributed by atoms with Crippen molar-refractivity contribution in [1.82, 2.24) is 4.98 Å². The van der Waals surface area contributed by atoms with Gasteiger partial charge in [-0.2, -0.15) is 0 Å². The van der Waals surface area contributed by atoms with Crippen LogP contribution in [-0.4, -0.2) is 17.6 Å². The summed E-state index contributed by atoms with van der Waals surface area (Å²) in [4.78, 5) is 16.2. The Morgan fingerprint density at radius 1 is 1.12 bits per heavy atom. The highest BCUT2D eigenvalue weighted by Gasteiger charge is 2.29. The van der Waals surface area contributed by atoms with E-state index in [1.807, 2.05) is 54.6 Å². The third kappa shape index (κ3) is 4.07. The van der Waals surface area contributed by atoms with Gasteiger partial charge in [-0.1, -0.05) is 36.4 Å². The number of carbonyl (C=O) groups is 1. The van der Waals surface area contributed by atoms with Crippen molar-refractivity contribution in [2.24, 2.45) is 0 Å². The average molecular weight is 457 g/mol. The Hall–Kier alpha value is -3.93. The predicted octanol–water partition coefficient (Wildman–Crippen LogP) is 5.80. The second kappa shape index (κ2) is 9.14. The number of anilines is 1. The predicted molar refractivity (Wildman–Crippen MR) is 130 cm³/mol. The molecule has 0 aliphatic heterocycles. The minimum Gasteiger partial charge on any atom is -0.485 e. The number of hydrogen-bond acceptors (Lipinski definition) is 5. The molecule has 34 heavy (non-hydrogen) atoms. The molecule has 1 aliphatic rings. The summed E-state index contributed by atoms with van der Waals surface area (Å²) in [6, 6.07) is 18.7. The highest BCUT2D eigenvalue weighted by molar-refractivity contribution is 6.01. The summed E-state index contributed by atoms with van der Waals surface area (Å²) in [5, 5.41) is 1.76. The molecule has 4 aromatic rings. The third-order valence-electron chi connectivity index (χ3n) is 6.26. The van der Waals surface area contributed by atoms with E-state index in [4.69, 9.17) is 15.2 Å². The fourth-order valence-corrected chi connectivity index (χ4v) is 4.68. The van der Waals surface area contributed by atoms with Gasteiger partial charge in [0.15, 0.2) is 0 Å². The molecule has 0 radical (unpaired) electrons. The summed E-state index contributed by atoms with van der Waals surface area (Å²) in [5.41, 5.74) is 9.98. The smallest absolute Gasteiger partial charge is 0.310 e. The molecule has 0 bridgehead atoms. The van der Waals surface area contributed by atoms with Crippen LogP contribution in [0.5, 0.6) is 5.75 Å². The Morgan fingerprint density at radius 2 is 1.97 bits per heavy atom. The Labute approximate surface area is 197 Å². The van der Waals surface area contributed by atoms with Crippen molar-refractivity contribution in [3.8, 4) is 16.9 Å². The van der Waals surface area contributed by atoms with Gasteiger partial charge in [0, 0.05) is 17.1 Å². The first-order chi connectivity index (χ1) is 16.5. The summed E-state index contributed by atoms with van der Waals surface area (Å²) in [6.07, 6.45) is 2.74. The topological polar surface area (TPSA) is 74.4 Å². The molecule has 1 heterocycles. The maximum atomic E-state index is 15.2. The van der Waals surface area contributed by atoms with E-state index in [1.54, 1.807) is 19.2 Å². The monoisotopic (exact) mass is 456 g/mol. The van der Waals surface area contributed by atoms with Crippen LogP contribution in [0.1, 0.15) is 36.1 Å². The second-order valence-electron chi connectivity index (χ2n) is 8.36. The third-order valence-corrected chi connectivity index (χ3v) is 6.26. The van der Waals surface area contributed by atoms with Crippen molar-refractivity contribution in [3.63, 3.8) is 0 Å². The lowest BCUT2D eigenvalue weighted by Gasteiger charge is -2.19. The zero-order valence-electron chi connectivity index (χ0n) is 18.9. The quantitative estimate of drug-likeness (QED) is 0.372. The number of rotatable bonds is 6. The van der Waals surface area contributed by atoms with Gasteiger partial charge in [0.25, 0.3) is 0 Å². The molecule has 5 rings (SSSR count). The molecule has 2 N–H and O–H groups in total. The van der Waals surface area contributed by atoms with Crippen LogP contribution in [0, 0.1) is 5.82 Å². The molecule has 172 valence electrons. The number of hydrogen-bond donors (Lipinski definition) is 1. The summed E-state index contributed by atoms with van der Waals surface area (Å²) in [6.45, 7) is 2.11. The minimum absolute atomic E-state index is 0.128. The van der Waals surface area contributed by atoms with Crippen LogP contribution in [-0.2, 0) is 22.4 Å². The number of pyridine rings is 1. The van der Waals surface area contributed by atoms with Crippen LogP contribution in [0.4, 0.5) is 10.2 Å². The number of aromatic nitrogens is 1. The first-order valence-electron chi connectivity index (χ1n) is 11.4. The van der Waals surface area contributed by atoms with Crippen molar-refractivity contribution in [2.45, 2.75) is 32.3 Å². The van der Waals surface area contributed by atoms with Gasteiger partial charge in [-0.05, 0) is 71.7 Å². The highest BCUT2D eigenvalue weighted by Crippen LogP contribution is 2.41. The summed E-state index contributed by atoms with van der Waals surface area (Å²) in [7, 11) is 0. The SMILES string of the molecule is CCOC(=O)Cc1ccccc1OC1CCc2c(F)cc(-c3cccc4c(N)nccc34)cc21. The molecule has 0 saturated carbocycles. The van der Waals surface area contributed by atoms with Gasteiger partial charge in [-0.3, -0.25) is 4.79 Å². The highest BCUT2D eigenvalue weighted by atomic mass is 19.1. The average Bonchev–Trinajstić information content (AvgIpc) is 3.24. The zero-order valence-corrected chi connectivity index (χ0v) is 18.9. The maximum Gasteiger partial charge on any atom is 0.310 e. The molecule has 0 saturated heterocycles. The van der Waals surface area contributed by atoms with Gasteiger partial charge in [0.2, 0.25) is 0 Å². The first-order valence-corrected chi connectivity index (χ1v) is 11.4. The van der Waals surface area contributed by atoms with E-state index in [9.17, 15) is 4.79 Å². The first kappa shape index (κ1) is 21.9. The molecule has 1 aromatic heterocycles. The zero-order chi connectivity index (χ0) is 23.7. The Balaban J connectivity index is 1.51. The van der Waals surface area contributed by atoms with Crippen LogP contribution in [0.3, 0.4) is 0 Å². The molecular formula is C28H25FN2O3. The van der Waals surface area contributed by atoms with E-state index in [2.05, 4.69) is 4.98 Å². The lowest BCUT2D eigenvalue weighted by Crippen LogP contribution is -2.10. The van der Waals surface area contributed by atoms with Crippen LogP contribution in [0.2, 0.25) is 0 Å². The summed E-state index contributed by atoms with van der Waals surface area (Å²) in [5.74, 6) is 0.518. The van der Waals surface area contributed by atoms with E-state index in [-0.39, 0.29) is 24.3 Å². The van der Waals surface area contributed by atoms with E-state index < -0.39 is 0 Å². The van der Waals surface area contributed by atoms with E-state index in [1.165, 1.54) is 0 Å². The normalized spacial score (nSPS) is 14.7. The number of carbonyl (C=O) groups excluding carboxylic acids is 1. The number of ether oxygens (including phenoxy) is 2. The largest absolute Gasteiger partial charge is 0.485 e. The number of nitrogens with two attached hydrogens (primary N) is 1. The van der Waals surface area contributed by atoms with Gasteiger partial charge >= 0.3 is 5.97 Å². The van der Waals surface area contributed by atoms with Crippen LogP contribution in [0.25, 0.3) is 21.9 Å². The molecule has 0 fully saturated rings. The number of esters is 1. The molecular weight excluding hydrogens is 431 g/mol. The van der Waals surface area contributed by atoms with E-state index in [0.717, 1.165) is 33.0 Å². The molecule has 5 nitrogen and oxygen atoms in total. The Bertz CT molecular complexity index is 1390. The number of para-hydroxylation sites is 1. The number of halogens is 1. The van der Waals surface area contributed by atoms with Crippen molar-refractivity contribution >= 4 is 22.6 Å². The second-order valence-corrected chi connectivity index (χ2v) is 8.36. The molecule has 1 unspecified atom stereocenters. The van der Waals surface area contributed by atoms with Crippen LogP contribution < -0.4 is 10.5 Å². The van der Waals surface area contributed by atoms with Gasteiger partial charge in [0.1, 0.15) is 23.5 Å². The Morgan fingerprint density at radius 3 is 2.82 bits per heavy atom. The molecule has 0 amide bonds. The van der Waals surface area contributed by atoms with Crippen LogP contribution in [0.15, 0.2) is 66.9 Å². The maximum absolute atomic E-state index is 15.2.